The molecule has 0 fully saturated rings. The molecule has 1 N–H and O–H groups in total. The first-order chi connectivity index (χ1) is 14.0. The molecule has 2 aromatic carbocycles. The van der Waals surface area contributed by atoms with Crippen LogP contribution >= 0.6 is 23.2 Å². The number of benzene rings is 2. The van der Waals surface area contributed by atoms with E-state index in [1.54, 1.807) is 24.3 Å². The van der Waals surface area contributed by atoms with Crippen molar-refractivity contribution in [3.05, 3.63) is 62.6 Å². The van der Waals surface area contributed by atoms with Crippen molar-refractivity contribution in [2.24, 2.45) is 0 Å². The number of nitrogens with zero attached hydrogens (tertiary/aromatic N) is 2. The Morgan fingerprint density at radius 2 is 2.00 bits per heavy atom. The van der Waals surface area contributed by atoms with E-state index in [9.17, 15) is 10.1 Å². The number of halogens is 2. The van der Waals surface area contributed by atoms with Gasteiger partial charge in [0.05, 0.1) is 0 Å². The fraction of sp³-hybridized carbons (Fsp3) is 0.333. The number of carbonyl (C=O) groups is 1. The lowest BCUT2D eigenvalue weighted by Gasteiger charge is -2.45. The number of nitrogens with one attached hydrogen (secondary N) is 1. The van der Waals surface area contributed by atoms with Crippen LogP contribution in [0, 0.1) is 18.3 Å². The van der Waals surface area contributed by atoms with E-state index in [1.165, 1.54) is 0 Å². The lowest BCUT2D eigenvalue weighted by molar-refractivity contribution is -0.112. The van der Waals surface area contributed by atoms with E-state index in [0.29, 0.717) is 27.2 Å². The Morgan fingerprint density at radius 3 is 2.67 bits per heavy atom. The summed E-state index contributed by atoms with van der Waals surface area (Å²) in [6.45, 7) is 8.43. The maximum absolute atomic E-state index is 12.7. The normalized spacial score (nSPS) is 17.9. The second kappa shape index (κ2) is 8.34. The number of amides is 1. The van der Waals surface area contributed by atoms with E-state index < -0.39 is 5.91 Å². The number of hydrogen-bond donors (Lipinski definition) is 1. The highest BCUT2D eigenvalue weighted by Gasteiger charge is 2.34. The van der Waals surface area contributed by atoms with Crippen molar-refractivity contribution in [2.45, 2.75) is 45.6 Å². The Kier molecular flexibility index (Phi) is 6.17. The summed E-state index contributed by atoms with van der Waals surface area (Å²) in [7, 11) is 2.07. The zero-order valence-electron chi connectivity index (χ0n) is 17.8. The molecular formula is C24H25Cl2N3O. The van der Waals surface area contributed by atoms with Gasteiger partial charge in [-0.05, 0) is 80.1 Å². The zero-order valence-corrected chi connectivity index (χ0v) is 19.3. The molecule has 30 heavy (non-hydrogen) atoms. The van der Waals surface area contributed by atoms with Crippen LogP contribution < -0.4 is 10.2 Å². The van der Waals surface area contributed by atoms with E-state index >= 15 is 0 Å². The van der Waals surface area contributed by atoms with Crippen LogP contribution in [0.15, 0.2) is 35.9 Å². The highest BCUT2D eigenvalue weighted by atomic mass is 35.5. The summed E-state index contributed by atoms with van der Waals surface area (Å²) in [5.74, 6) is -0.160. The fourth-order valence-corrected chi connectivity index (χ4v) is 4.34. The first-order valence-corrected chi connectivity index (χ1v) is 10.6. The molecule has 0 radical (unpaired) electrons. The summed E-state index contributed by atoms with van der Waals surface area (Å²) >= 11 is 12.7. The summed E-state index contributed by atoms with van der Waals surface area (Å²) in [6, 6.07) is 11.2. The van der Waals surface area contributed by atoms with Gasteiger partial charge in [0, 0.05) is 34.0 Å². The minimum absolute atomic E-state index is 0.0200. The number of nitriles is 1. The summed E-state index contributed by atoms with van der Waals surface area (Å²) in [5, 5.41) is 13.4. The Bertz CT molecular complexity index is 1080. The van der Waals surface area contributed by atoms with Crippen molar-refractivity contribution in [3.8, 4) is 6.07 Å². The highest BCUT2D eigenvalue weighted by molar-refractivity contribution is 6.33. The molecule has 0 saturated heterocycles. The Labute approximate surface area is 188 Å². The molecule has 1 aliphatic heterocycles. The number of carbonyl (C=O) groups excluding carboxylic acids is 1. The van der Waals surface area contributed by atoms with Gasteiger partial charge in [-0.2, -0.15) is 5.26 Å². The average molecular weight is 442 g/mol. The number of hydrogen-bond acceptors (Lipinski definition) is 3. The lowest BCUT2D eigenvalue weighted by atomic mass is 9.80. The Morgan fingerprint density at radius 1 is 1.30 bits per heavy atom. The van der Waals surface area contributed by atoms with Crippen LogP contribution in [0.2, 0.25) is 10.0 Å². The van der Waals surface area contributed by atoms with Crippen molar-refractivity contribution >= 4 is 46.6 Å². The van der Waals surface area contributed by atoms with Crippen LogP contribution in [-0.2, 0) is 4.79 Å². The van der Waals surface area contributed by atoms with Crippen LogP contribution in [-0.4, -0.2) is 18.5 Å². The fourth-order valence-electron chi connectivity index (χ4n) is 3.95. The molecule has 0 aliphatic carbocycles. The second-order valence-electron chi connectivity index (χ2n) is 8.45. The smallest absolute Gasteiger partial charge is 0.266 e. The van der Waals surface area contributed by atoms with Crippen LogP contribution in [0.4, 0.5) is 11.4 Å². The molecule has 4 nitrogen and oxygen atoms in total. The van der Waals surface area contributed by atoms with Gasteiger partial charge in [-0.3, -0.25) is 4.79 Å². The van der Waals surface area contributed by atoms with Gasteiger partial charge in [-0.25, -0.2) is 0 Å². The predicted octanol–water partition coefficient (Wildman–Crippen LogP) is 6.57. The summed E-state index contributed by atoms with van der Waals surface area (Å²) in [5.41, 5.74) is 4.23. The van der Waals surface area contributed by atoms with Crippen LogP contribution in [0.3, 0.4) is 0 Å². The summed E-state index contributed by atoms with van der Waals surface area (Å²) in [4.78, 5) is 15.0. The van der Waals surface area contributed by atoms with Crippen LogP contribution in [0.5, 0.6) is 0 Å². The average Bonchev–Trinajstić information content (AvgIpc) is 2.68. The van der Waals surface area contributed by atoms with Gasteiger partial charge in [0.1, 0.15) is 11.6 Å². The first-order valence-electron chi connectivity index (χ1n) is 9.80. The minimum Gasteiger partial charge on any atom is -0.369 e. The second-order valence-corrected chi connectivity index (χ2v) is 9.26. The molecule has 0 spiro atoms. The van der Waals surface area contributed by atoms with E-state index in [0.717, 1.165) is 23.2 Å². The van der Waals surface area contributed by atoms with Gasteiger partial charge in [0.15, 0.2) is 0 Å². The van der Waals surface area contributed by atoms with Gasteiger partial charge < -0.3 is 10.2 Å². The summed E-state index contributed by atoms with van der Waals surface area (Å²) in [6.07, 6.45) is 2.55. The highest BCUT2D eigenvalue weighted by Crippen LogP contribution is 2.44. The van der Waals surface area contributed by atoms with Crippen LogP contribution in [0.25, 0.3) is 6.08 Å². The molecule has 2 aromatic rings. The van der Waals surface area contributed by atoms with Gasteiger partial charge >= 0.3 is 0 Å². The number of anilines is 2. The van der Waals surface area contributed by atoms with E-state index in [2.05, 4.69) is 38.0 Å². The first kappa shape index (κ1) is 22.2. The number of fused-ring (bicyclic) bond motifs is 1. The van der Waals surface area contributed by atoms with Crippen molar-refractivity contribution in [2.75, 3.05) is 17.3 Å². The molecule has 1 amide bonds. The molecule has 1 heterocycles. The molecule has 0 aromatic heterocycles. The molecule has 3 rings (SSSR count). The monoisotopic (exact) mass is 441 g/mol. The molecule has 0 saturated carbocycles. The summed E-state index contributed by atoms with van der Waals surface area (Å²) < 4.78 is 0. The van der Waals surface area contributed by atoms with Crippen molar-refractivity contribution < 1.29 is 4.79 Å². The van der Waals surface area contributed by atoms with Gasteiger partial charge in [0.25, 0.3) is 5.91 Å². The molecule has 1 unspecified atom stereocenters. The SMILES string of the molecule is Cc1c(Cl)cccc1NC(=O)/C(C#N)=C\c1cc2c(cc1Cl)N(C)C(C)(C)CC2C. The maximum Gasteiger partial charge on any atom is 0.266 e. The topological polar surface area (TPSA) is 56.1 Å². The van der Waals surface area contributed by atoms with Gasteiger partial charge in [-0.1, -0.05) is 36.2 Å². The van der Waals surface area contributed by atoms with Crippen molar-refractivity contribution in [1.82, 2.24) is 0 Å². The maximum atomic E-state index is 12.7. The standard InChI is InChI=1S/C24H25Cl2N3O/c1-14-12-24(3,4)29(5)22-11-20(26)16(10-18(14)22)9-17(13-27)23(30)28-21-8-6-7-19(25)15(21)2/h6-11,14H,12H2,1-5H3,(H,28,30)/b17-9-. The van der Waals surface area contributed by atoms with E-state index in [-0.39, 0.29) is 11.1 Å². The van der Waals surface area contributed by atoms with Gasteiger partial charge in [-0.15, -0.1) is 0 Å². The lowest BCUT2D eigenvalue weighted by Crippen LogP contribution is -2.45. The Hall–Kier alpha value is -2.48. The predicted molar refractivity (Wildman–Crippen MR) is 125 cm³/mol. The quantitative estimate of drug-likeness (QED) is 0.432. The van der Waals surface area contributed by atoms with E-state index in [1.807, 2.05) is 25.1 Å². The van der Waals surface area contributed by atoms with Gasteiger partial charge in [0.2, 0.25) is 0 Å². The molecule has 1 aliphatic rings. The molecule has 1 atom stereocenters. The third-order valence-electron chi connectivity index (χ3n) is 5.93. The molecule has 6 heteroatoms. The zero-order chi connectivity index (χ0) is 22.2. The van der Waals surface area contributed by atoms with Crippen molar-refractivity contribution in [1.29, 1.82) is 5.26 Å². The molecular weight excluding hydrogens is 417 g/mol. The van der Waals surface area contributed by atoms with Crippen LogP contribution in [0.1, 0.15) is 49.8 Å². The molecule has 156 valence electrons. The largest absolute Gasteiger partial charge is 0.369 e. The Balaban J connectivity index is 1.97. The van der Waals surface area contributed by atoms with Crippen molar-refractivity contribution in [3.63, 3.8) is 0 Å². The molecule has 0 bridgehead atoms. The third-order valence-corrected chi connectivity index (χ3v) is 6.67. The minimum atomic E-state index is -0.497. The van der Waals surface area contributed by atoms with E-state index in [4.69, 9.17) is 23.2 Å². The third kappa shape index (κ3) is 4.19. The number of rotatable bonds is 3.